The van der Waals surface area contributed by atoms with Crippen LogP contribution in [-0.2, 0) is 9.59 Å². The average molecular weight is 507 g/mol. The molecule has 0 saturated carbocycles. The number of nitrogens with one attached hydrogen (secondary N) is 1. The number of thioether (sulfide) groups is 1. The van der Waals surface area contributed by atoms with E-state index < -0.39 is 11.9 Å². The van der Waals surface area contributed by atoms with Crippen molar-refractivity contribution in [3.8, 4) is 0 Å². The first-order valence-electron chi connectivity index (χ1n) is 12.2. The Labute approximate surface area is 216 Å². The van der Waals surface area contributed by atoms with Crippen LogP contribution >= 0.6 is 11.8 Å². The van der Waals surface area contributed by atoms with E-state index in [1.54, 1.807) is 30.0 Å². The molecule has 2 aromatic carbocycles. The summed E-state index contributed by atoms with van der Waals surface area (Å²) in [6.07, 6.45) is 0.0833. The molecule has 2 aliphatic rings. The van der Waals surface area contributed by atoms with Crippen molar-refractivity contribution in [3.63, 3.8) is 0 Å². The molecule has 0 bridgehead atoms. The fraction of sp³-hybridized carbons (Fsp3) is 0.321. The quantitative estimate of drug-likeness (QED) is 0.511. The third-order valence-electron chi connectivity index (χ3n) is 6.50. The average Bonchev–Trinajstić information content (AvgIpc) is 3.26. The highest BCUT2D eigenvalue weighted by atomic mass is 32.2. The third kappa shape index (κ3) is 5.09. The number of carbonyl (C=O) groups is 2. The minimum atomic E-state index is -0.715. The van der Waals surface area contributed by atoms with Crippen LogP contribution in [0.2, 0.25) is 0 Å². The number of nitrogens with zero attached hydrogens (tertiary/aromatic N) is 3. The van der Waals surface area contributed by atoms with E-state index in [1.165, 1.54) is 17.8 Å². The number of amidine groups is 1. The number of hydrogen-bond donors (Lipinski definition) is 1. The Morgan fingerprint density at radius 2 is 1.78 bits per heavy atom. The first kappa shape index (κ1) is 25.7. The molecule has 8 heteroatoms. The molecule has 2 aliphatic heterocycles. The van der Waals surface area contributed by atoms with Gasteiger partial charge in [0.05, 0.1) is 29.8 Å². The maximum Gasteiger partial charge on any atom is 0.254 e. The van der Waals surface area contributed by atoms with Gasteiger partial charge in [0, 0.05) is 24.4 Å². The lowest BCUT2D eigenvalue weighted by Crippen LogP contribution is -2.42. The van der Waals surface area contributed by atoms with Gasteiger partial charge in [-0.1, -0.05) is 60.3 Å². The van der Waals surface area contributed by atoms with Crippen LogP contribution < -0.4 is 5.32 Å². The number of fused-ring (bicyclic) bond motifs is 1. The Balaban J connectivity index is 1.67. The maximum atomic E-state index is 15.2. The fourth-order valence-electron chi connectivity index (χ4n) is 4.60. The van der Waals surface area contributed by atoms with Crippen LogP contribution in [0.4, 0.5) is 4.39 Å². The van der Waals surface area contributed by atoms with Gasteiger partial charge in [-0.15, -0.1) is 0 Å². The number of benzene rings is 2. The summed E-state index contributed by atoms with van der Waals surface area (Å²) >= 11 is 1.39. The SMILES string of the molecule is CCN(CC)C(=O)C1=C(C)N=C2SC=C(CC(=O)NC(C)c3ccccc3)N2C1c1ccccc1F. The number of rotatable bonds is 8. The van der Waals surface area contributed by atoms with Crippen molar-refractivity contribution in [3.05, 3.63) is 93.9 Å². The second-order valence-corrected chi connectivity index (χ2v) is 9.61. The van der Waals surface area contributed by atoms with Crippen molar-refractivity contribution in [1.82, 2.24) is 15.1 Å². The molecule has 188 valence electrons. The zero-order valence-corrected chi connectivity index (χ0v) is 21.8. The molecular formula is C28H31FN4O2S. The molecule has 0 spiro atoms. The molecule has 1 N–H and O–H groups in total. The van der Waals surface area contributed by atoms with Crippen LogP contribution in [0.1, 0.15) is 57.3 Å². The normalized spacial score (nSPS) is 17.8. The topological polar surface area (TPSA) is 65.0 Å². The van der Waals surface area contributed by atoms with Crippen LogP contribution in [0.25, 0.3) is 0 Å². The summed E-state index contributed by atoms with van der Waals surface area (Å²) < 4.78 is 15.2. The van der Waals surface area contributed by atoms with E-state index in [0.29, 0.717) is 40.8 Å². The molecule has 4 rings (SSSR count). The van der Waals surface area contributed by atoms with Crippen molar-refractivity contribution in [2.45, 2.75) is 46.2 Å². The van der Waals surface area contributed by atoms with E-state index in [0.717, 1.165) is 5.56 Å². The summed E-state index contributed by atoms with van der Waals surface area (Å²) in [5.74, 6) is -0.735. The minimum absolute atomic E-state index is 0.0833. The first-order valence-corrected chi connectivity index (χ1v) is 13.1. The standard InChI is InChI=1S/C28H31FN4O2S/c1-5-32(6-2)27(35)25-19(4)31-28-33(26(25)22-14-10-11-15-23(22)29)21(17-36-28)16-24(34)30-18(3)20-12-8-7-9-13-20/h7-15,17-18,26H,5-6,16H2,1-4H3,(H,30,34). The molecular weight excluding hydrogens is 475 g/mol. The van der Waals surface area contributed by atoms with Gasteiger partial charge in [0.2, 0.25) is 5.91 Å². The minimum Gasteiger partial charge on any atom is -0.349 e. The van der Waals surface area contributed by atoms with Crippen LogP contribution in [0.5, 0.6) is 0 Å². The summed E-state index contributed by atoms with van der Waals surface area (Å²) in [6, 6.07) is 15.4. The van der Waals surface area contributed by atoms with Gasteiger partial charge in [0.1, 0.15) is 5.82 Å². The lowest BCUT2D eigenvalue weighted by molar-refractivity contribution is -0.127. The molecule has 0 fully saturated rings. The molecule has 0 aliphatic carbocycles. The van der Waals surface area contributed by atoms with Crippen LogP contribution in [-0.4, -0.2) is 39.9 Å². The van der Waals surface area contributed by atoms with Gasteiger partial charge in [-0.05, 0) is 44.7 Å². The van der Waals surface area contributed by atoms with Crippen molar-refractivity contribution in [1.29, 1.82) is 0 Å². The molecule has 0 radical (unpaired) electrons. The Morgan fingerprint density at radius 1 is 1.11 bits per heavy atom. The van der Waals surface area contributed by atoms with Crippen LogP contribution in [0.15, 0.2) is 82.0 Å². The molecule has 36 heavy (non-hydrogen) atoms. The van der Waals surface area contributed by atoms with Crippen molar-refractivity contribution < 1.29 is 14.0 Å². The van der Waals surface area contributed by atoms with Gasteiger partial charge in [-0.3, -0.25) is 9.59 Å². The fourth-order valence-corrected chi connectivity index (χ4v) is 5.56. The summed E-state index contributed by atoms with van der Waals surface area (Å²) in [6.45, 7) is 8.63. The summed E-state index contributed by atoms with van der Waals surface area (Å²) in [5, 5.41) is 5.55. The molecule has 0 aromatic heterocycles. The lowest BCUT2D eigenvalue weighted by Gasteiger charge is -2.38. The number of halogens is 1. The summed E-state index contributed by atoms with van der Waals surface area (Å²) in [5.41, 5.74) is 3.07. The first-order chi connectivity index (χ1) is 17.3. The molecule has 2 amide bonds. The Morgan fingerprint density at radius 3 is 2.44 bits per heavy atom. The van der Waals surface area contributed by atoms with Gasteiger partial charge < -0.3 is 15.1 Å². The monoisotopic (exact) mass is 506 g/mol. The van der Waals surface area contributed by atoms with E-state index in [1.807, 2.05) is 61.4 Å². The van der Waals surface area contributed by atoms with Crippen molar-refractivity contribution >= 4 is 28.7 Å². The number of amides is 2. The Kier molecular flexibility index (Phi) is 7.94. The summed E-state index contributed by atoms with van der Waals surface area (Å²) in [4.78, 5) is 35.0. The van der Waals surface area contributed by atoms with Gasteiger partial charge >= 0.3 is 0 Å². The second kappa shape index (κ2) is 11.1. The molecule has 0 saturated heterocycles. The van der Waals surface area contributed by atoms with Gasteiger partial charge in [0.25, 0.3) is 5.91 Å². The largest absolute Gasteiger partial charge is 0.349 e. The van der Waals surface area contributed by atoms with Crippen molar-refractivity contribution in [2.75, 3.05) is 13.1 Å². The Bertz CT molecular complexity index is 1240. The number of allylic oxidation sites excluding steroid dienone is 1. The number of aliphatic imine (C=N–C) groups is 1. The molecule has 6 nitrogen and oxygen atoms in total. The van der Waals surface area contributed by atoms with Gasteiger partial charge in [-0.25, -0.2) is 9.38 Å². The highest BCUT2D eigenvalue weighted by molar-refractivity contribution is 8.16. The predicted molar refractivity (Wildman–Crippen MR) is 142 cm³/mol. The maximum absolute atomic E-state index is 15.2. The smallest absolute Gasteiger partial charge is 0.254 e. The zero-order chi connectivity index (χ0) is 25.8. The van der Waals surface area contributed by atoms with Crippen LogP contribution in [0.3, 0.4) is 0 Å². The second-order valence-electron chi connectivity index (χ2n) is 8.77. The van der Waals surface area contributed by atoms with E-state index >= 15 is 4.39 Å². The van der Waals surface area contributed by atoms with E-state index in [2.05, 4.69) is 5.32 Å². The van der Waals surface area contributed by atoms with E-state index in [9.17, 15) is 9.59 Å². The van der Waals surface area contributed by atoms with Gasteiger partial charge in [-0.2, -0.15) is 0 Å². The molecule has 2 unspecified atom stereocenters. The van der Waals surface area contributed by atoms with E-state index in [4.69, 9.17) is 4.99 Å². The molecule has 2 aromatic rings. The Hall–Kier alpha value is -3.39. The molecule has 2 heterocycles. The zero-order valence-electron chi connectivity index (χ0n) is 21.0. The lowest BCUT2D eigenvalue weighted by atomic mass is 9.92. The predicted octanol–water partition coefficient (Wildman–Crippen LogP) is 5.54. The van der Waals surface area contributed by atoms with Crippen LogP contribution in [0, 0.1) is 5.82 Å². The van der Waals surface area contributed by atoms with Gasteiger partial charge in [0.15, 0.2) is 5.17 Å². The summed E-state index contributed by atoms with van der Waals surface area (Å²) in [7, 11) is 0. The highest BCUT2D eigenvalue weighted by Gasteiger charge is 2.42. The number of hydrogen-bond acceptors (Lipinski definition) is 5. The number of likely N-dealkylation sites (N-methyl/N-ethyl adjacent to an activating group) is 1. The van der Waals surface area contributed by atoms with E-state index in [-0.39, 0.29) is 24.3 Å². The number of carbonyl (C=O) groups excluding carboxylic acids is 2. The third-order valence-corrected chi connectivity index (χ3v) is 7.39. The van der Waals surface area contributed by atoms with Crippen molar-refractivity contribution in [2.24, 2.45) is 4.99 Å². The molecule has 2 atom stereocenters. The highest BCUT2D eigenvalue weighted by Crippen LogP contribution is 2.45.